The molecule has 0 bridgehead atoms. The van der Waals surface area contributed by atoms with E-state index in [2.05, 4.69) is 30.4 Å². The lowest BCUT2D eigenvalue weighted by Crippen LogP contribution is -2.30. The van der Waals surface area contributed by atoms with Crippen LogP contribution in [-0.2, 0) is 0 Å². The molecule has 31 heavy (non-hydrogen) atoms. The van der Waals surface area contributed by atoms with Crippen molar-refractivity contribution in [1.82, 2.24) is 20.2 Å². The summed E-state index contributed by atoms with van der Waals surface area (Å²) in [5, 5.41) is 10.6. The van der Waals surface area contributed by atoms with Gasteiger partial charge in [-0.2, -0.15) is 4.98 Å². The second-order valence-electron chi connectivity index (χ2n) is 7.56. The van der Waals surface area contributed by atoms with Gasteiger partial charge in [-0.05, 0) is 55.7 Å². The molecule has 0 spiro atoms. The summed E-state index contributed by atoms with van der Waals surface area (Å²) in [7, 11) is 0. The number of hydrogen-bond donors (Lipinski definition) is 2. The smallest absolute Gasteiger partial charge is 0.258 e. The van der Waals surface area contributed by atoms with Gasteiger partial charge in [-0.3, -0.25) is 10.1 Å². The van der Waals surface area contributed by atoms with Crippen molar-refractivity contribution in [3.05, 3.63) is 66.0 Å². The lowest BCUT2D eigenvalue weighted by atomic mass is 10.0. The number of amides is 1. The van der Waals surface area contributed by atoms with E-state index in [1.807, 2.05) is 24.3 Å². The third-order valence-electron chi connectivity index (χ3n) is 5.45. The molecule has 4 aromatic rings. The summed E-state index contributed by atoms with van der Waals surface area (Å²) in [5.41, 5.74) is 2.46. The minimum absolute atomic E-state index is 0.301. The molecule has 0 radical (unpaired) electrons. The van der Waals surface area contributed by atoms with Gasteiger partial charge in [0.05, 0.1) is 16.8 Å². The quantitative estimate of drug-likeness (QED) is 0.515. The molecule has 2 N–H and O–H groups in total. The topological polar surface area (TPSA) is 86.8 Å². The summed E-state index contributed by atoms with van der Waals surface area (Å²) in [6.45, 7) is 1.84. The summed E-state index contributed by atoms with van der Waals surface area (Å²) >= 11 is 0. The van der Waals surface area contributed by atoms with Crippen molar-refractivity contribution in [2.24, 2.45) is 0 Å². The molecule has 156 valence electrons. The Morgan fingerprint density at radius 1 is 1.00 bits per heavy atom. The van der Waals surface area contributed by atoms with E-state index in [-0.39, 0.29) is 11.7 Å². The number of nitrogens with zero attached hydrogens (tertiary/aromatic N) is 4. The molecule has 0 saturated carbocycles. The molecule has 7 nitrogen and oxygen atoms in total. The zero-order valence-corrected chi connectivity index (χ0v) is 16.8. The fourth-order valence-corrected chi connectivity index (χ4v) is 3.85. The molecule has 8 heteroatoms. The Labute approximate surface area is 178 Å². The van der Waals surface area contributed by atoms with E-state index in [9.17, 15) is 9.18 Å². The van der Waals surface area contributed by atoms with Gasteiger partial charge in [0.15, 0.2) is 0 Å². The number of rotatable bonds is 4. The Bertz CT molecular complexity index is 1230. The fraction of sp³-hybridized carbons (Fsp3) is 0.217. The van der Waals surface area contributed by atoms with Crippen LogP contribution in [0.3, 0.4) is 0 Å². The summed E-state index contributed by atoms with van der Waals surface area (Å²) in [6.07, 6.45) is 3.45. The molecular formula is C23H21FN6O. The molecule has 2 aromatic carbocycles. The van der Waals surface area contributed by atoms with Gasteiger partial charge >= 0.3 is 0 Å². The van der Waals surface area contributed by atoms with Crippen LogP contribution in [0.4, 0.5) is 16.3 Å². The highest BCUT2D eigenvalue weighted by molar-refractivity contribution is 6.12. The third kappa shape index (κ3) is 3.96. The predicted octanol–water partition coefficient (Wildman–Crippen LogP) is 4.40. The zero-order chi connectivity index (χ0) is 21.2. The zero-order valence-electron chi connectivity index (χ0n) is 16.8. The maximum Gasteiger partial charge on any atom is 0.258 e. The van der Waals surface area contributed by atoms with Gasteiger partial charge in [0.25, 0.3) is 5.91 Å². The van der Waals surface area contributed by atoms with E-state index >= 15 is 0 Å². The van der Waals surface area contributed by atoms with Crippen LogP contribution in [0, 0.1) is 5.82 Å². The molecule has 3 heterocycles. The minimum Gasteiger partial charge on any atom is -0.340 e. The summed E-state index contributed by atoms with van der Waals surface area (Å²) < 4.78 is 13.3. The normalized spacial score (nSPS) is 14.0. The van der Waals surface area contributed by atoms with Crippen LogP contribution in [0.15, 0.2) is 54.6 Å². The van der Waals surface area contributed by atoms with Gasteiger partial charge in [-0.1, -0.05) is 18.2 Å². The first-order valence-corrected chi connectivity index (χ1v) is 10.3. The van der Waals surface area contributed by atoms with Gasteiger partial charge in [0.2, 0.25) is 11.9 Å². The molecule has 0 aliphatic carbocycles. The van der Waals surface area contributed by atoms with Gasteiger partial charge < -0.3 is 4.90 Å². The maximum absolute atomic E-state index is 13.3. The molecule has 2 aromatic heterocycles. The minimum atomic E-state index is -0.322. The number of aromatic amines is 1. The van der Waals surface area contributed by atoms with Crippen molar-refractivity contribution >= 4 is 28.7 Å². The Kier molecular flexibility index (Phi) is 5.03. The van der Waals surface area contributed by atoms with Crippen molar-refractivity contribution in [3.8, 4) is 11.3 Å². The number of H-pyrrole nitrogens is 1. The second-order valence-corrected chi connectivity index (χ2v) is 7.56. The standard InChI is InChI=1S/C23H21FN6O/c24-16-10-8-15(9-11-16)20-14-18(17-6-2-3-7-19(17)25-20)21(31)26-22-27-23(29-28-22)30-12-4-1-5-13-30/h2-3,6-11,14H,1,4-5,12-13H2,(H2,26,27,28,29,31). The van der Waals surface area contributed by atoms with Gasteiger partial charge in [0.1, 0.15) is 5.82 Å². The first-order chi connectivity index (χ1) is 15.2. The Morgan fingerprint density at radius 3 is 2.58 bits per heavy atom. The Morgan fingerprint density at radius 2 is 1.77 bits per heavy atom. The number of aromatic nitrogens is 4. The number of benzene rings is 2. The monoisotopic (exact) mass is 416 g/mol. The highest BCUT2D eigenvalue weighted by Gasteiger charge is 2.18. The highest BCUT2D eigenvalue weighted by Crippen LogP contribution is 2.26. The maximum atomic E-state index is 13.3. The fourth-order valence-electron chi connectivity index (χ4n) is 3.85. The first-order valence-electron chi connectivity index (χ1n) is 10.3. The molecule has 1 amide bonds. The van der Waals surface area contributed by atoms with E-state index in [0.29, 0.717) is 28.7 Å². The van der Waals surface area contributed by atoms with Gasteiger partial charge in [0, 0.05) is 24.0 Å². The van der Waals surface area contributed by atoms with Crippen LogP contribution < -0.4 is 10.2 Å². The number of piperidine rings is 1. The number of nitrogens with one attached hydrogen (secondary N) is 2. The van der Waals surface area contributed by atoms with Crippen molar-refractivity contribution in [1.29, 1.82) is 0 Å². The molecule has 1 aliphatic rings. The molecule has 5 rings (SSSR count). The van der Waals surface area contributed by atoms with Crippen LogP contribution in [-0.4, -0.2) is 39.2 Å². The lowest BCUT2D eigenvalue weighted by Gasteiger charge is -2.24. The van der Waals surface area contributed by atoms with Crippen LogP contribution >= 0.6 is 0 Å². The number of para-hydroxylation sites is 1. The average molecular weight is 416 g/mol. The summed E-state index contributed by atoms with van der Waals surface area (Å²) in [5.74, 6) is 0.261. The van der Waals surface area contributed by atoms with E-state index in [1.54, 1.807) is 18.2 Å². The van der Waals surface area contributed by atoms with Crippen molar-refractivity contribution in [2.75, 3.05) is 23.3 Å². The first kappa shape index (κ1) is 19.2. The highest BCUT2D eigenvalue weighted by atomic mass is 19.1. The molecule has 1 fully saturated rings. The average Bonchev–Trinajstić information content (AvgIpc) is 3.28. The van der Waals surface area contributed by atoms with Crippen LogP contribution in [0.2, 0.25) is 0 Å². The SMILES string of the molecule is O=C(Nc1nc(N2CCCCC2)n[nH]1)c1cc(-c2ccc(F)cc2)nc2ccccc12. The number of fused-ring (bicyclic) bond motifs is 1. The van der Waals surface area contributed by atoms with E-state index < -0.39 is 0 Å². The molecular weight excluding hydrogens is 395 g/mol. The third-order valence-corrected chi connectivity index (χ3v) is 5.45. The van der Waals surface area contributed by atoms with Crippen LogP contribution in [0.5, 0.6) is 0 Å². The molecule has 0 atom stereocenters. The van der Waals surface area contributed by atoms with Crippen molar-refractivity contribution in [2.45, 2.75) is 19.3 Å². The van der Waals surface area contributed by atoms with Gasteiger partial charge in [-0.15, -0.1) is 5.10 Å². The van der Waals surface area contributed by atoms with Crippen LogP contribution in [0.1, 0.15) is 29.6 Å². The summed E-state index contributed by atoms with van der Waals surface area (Å²) in [6, 6.07) is 15.2. The Balaban J connectivity index is 1.46. The molecule has 1 aliphatic heterocycles. The number of carbonyl (C=O) groups is 1. The largest absolute Gasteiger partial charge is 0.340 e. The number of anilines is 2. The van der Waals surface area contributed by atoms with Crippen molar-refractivity contribution in [3.63, 3.8) is 0 Å². The van der Waals surface area contributed by atoms with E-state index in [1.165, 1.54) is 18.6 Å². The Hall–Kier alpha value is -3.81. The molecule has 1 saturated heterocycles. The number of carbonyl (C=O) groups excluding carboxylic acids is 1. The lowest BCUT2D eigenvalue weighted by molar-refractivity contribution is 0.102. The second kappa shape index (κ2) is 8.14. The predicted molar refractivity (Wildman–Crippen MR) is 118 cm³/mol. The summed E-state index contributed by atoms with van der Waals surface area (Å²) in [4.78, 5) is 24.4. The number of pyridine rings is 1. The van der Waals surface area contributed by atoms with Gasteiger partial charge in [-0.25, -0.2) is 14.5 Å². The van der Waals surface area contributed by atoms with E-state index in [4.69, 9.17) is 0 Å². The van der Waals surface area contributed by atoms with Crippen LogP contribution in [0.25, 0.3) is 22.2 Å². The molecule has 0 unspecified atom stereocenters. The van der Waals surface area contributed by atoms with Crippen molar-refractivity contribution < 1.29 is 9.18 Å². The number of halogens is 1. The van der Waals surface area contributed by atoms with E-state index in [0.717, 1.165) is 36.9 Å². The number of hydrogen-bond acceptors (Lipinski definition) is 5.